The number of carbonyl (C=O) groups excluding carboxylic acids is 1. The Labute approximate surface area is 79.9 Å². The van der Waals surface area contributed by atoms with Gasteiger partial charge < -0.3 is 0 Å². The molecule has 0 spiro atoms. The average Bonchev–Trinajstić information content (AvgIpc) is 1.99. The molecule has 2 nitrogen and oxygen atoms in total. The van der Waals surface area contributed by atoms with Crippen LogP contribution in [0.3, 0.4) is 0 Å². The minimum Gasteiger partial charge on any atom is -0.298 e. The van der Waals surface area contributed by atoms with Crippen molar-refractivity contribution in [3.63, 3.8) is 0 Å². The minimum absolute atomic E-state index is 0.0320. The monoisotopic (exact) mass is 189 g/mol. The van der Waals surface area contributed by atoms with E-state index in [-0.39, 0.29) is 24.2 Å². The van der Waals surface area contributed by atoms with Crippen molar-refractivity contribution in [1.82, 2.24) is 5.32 Å². The molecule has 0 amide bonds. The van der Waals surface area contributed by atoms with Gasteiger partial charge in [-0.05, 0) is 6.92 Å². The Morgan fingerprint density at radius 3 is 2.15 bits per heavy atom. The first-order chi connectivity index (χ1) is 5.77. The SMILES string of the molecule is CC(C)C(=O)CNC(C)(F)C(C)C. The molecule has 0 saturated heterocycles. The van der Waals surface area contributed by atoms with E-state index in [2.05, 4.69) is 5.32 Å². The van der Waals surface area contributed by atoms with Gasteiger partial charge in [0, 0.05) is 11.8 Å². The lowest BCUT2D eigenvalue weighted by molar-refractivity contribution is -0.122. The van der Waals surface area contributed by atoms with E-state index in [1.807, 2.05) is 13.8 Å². The zero-order valence-corrected chi connectivity index (χ0v) is 9.15. The van der Waals surface area contributed by atoms with Crippen molar-refractivity contribution in [1.29, 1.82) is 0 Å². The van der Waals surface area contributed by atoms with Crippen molar-refractivity contribution < 1.29 is 9.18 Å². The van der Waals surface area contributed by atoms with Gasteiger partial charge in [-0.2, -0.15) is 0 Å². The Kier molecular flexibility index (Phi) is 4.54. The van der Waals surface area contributed by atoms with E-state index in [1.54, 1.807) is 13.8 Å². The Bertz CT molecular complexity index is 176. The van der Waals surface area contributed by atoms with Crippen LogP contribution in [-0.4, -0.2) is 18.1 Å². The summed E-state index contributed by atoms with van der Waals surface area (Å²) in [6, 6.07) is 0. The van der Waals surface area contributed by atoms with Crippen LogP contribution in [0.4, 0.5) is 4.39 Å². The summed E-state index contributed by atoms with van der Waals surface area (Å²) in [7, 11) is 0. The maximum Gasteiger partial charge on any atom is 0.161 e. The Morgan fingerprint density at radius 1 is 1.38 bits per heavy atom. The normalized spacial score (nSPS) is 16.3. The van der Waals surface area contributed by atoms with Crippen LogP contribution in [0.2, 0.25) is 0 Å². The molecule has 78 valence electrons. The summed E-state index contributed by atoms with van der Waals surface area (Å²) in [6.07, 6.45) is 0. The van der Waals surface area contributed by atoms with E-state index in [0.717, 1.165) is 0 Å². The van der Waals surface area contributed by atoms with E-state index in [0.29, 0.717) is 0 Å². The van der Waals surface area contributed by atoms with Gasteiger partial charge in [-0.25, -0.2) is 4.39 Å². The summed E-state index contributed by atoms with van der Waals surface area (Å²) in [5.74, 6) is -1.57. The van der Waals surface area contributed by atoms with Crippen LogP contribution in [0.25, 0.3) is 0 Å². The highest BCUT2D eigenvalue weighted by atomic mass is 19.1. The third-order valence-corrected chi connectivity index (χ3v) is 2.34. The number of hydrogen-bond donors (Lipinski definition) is 1. The second-order valence-electron chi connectivity index (χ2n) is 4.20. The maximum atomic E-state index is 13.6. The van der Waals surface area contributed by atoms with Crippen molar-refractivity contribution in [2.24, 2.45) is 11.8 Å². The first-order valence-corrected chi connectivity index (χ1v) is 4.74. The Morgan fingerprint density at radius 2 is 1.85 bits per heavy atom. The summed E-state index contributed by atoms with van der Waals surface area (Å²) in [4.78, 5) is 11.2. The number of carbonyl (C=O) groups is 1. The number of alkyl halides is 1. The van der Waals surface area contributed by atoms with Crippen LogP contribution in [0.15, 0.2) is 0 Å². The number of ketones is 1. The zero-order valence-electron chi connectivity index (χ0n) is 9.15. The molecule has 0 saturated carbocycles. The summed E-state index contributed by atoms with van der Waals surface area (Å²) in [5.41, 5.74) is 0. The van der Waals surface area contributed by atoms with E-state index in [4.69, 9.17) is 0 Å². The van der Waals surface area contributed by atoms with Gasteiger partial charge in [0.1, 0.15) is 5.78 Å². The van der Waals surface area contributed by atoms with E-state index in [9.17, 15) is 9.18 Å². The number of Topliss-reactive ketones (excluding diaryl/α,β-unsaturated/α-hetero) is 1. The highest BCUT2D eigenvalue weighted by Gasteiger charge is 2.27. The second kappa shape index (κ2) is 4.70. The molecule has 0 aromatic rings. The molecule has 0 aliphatic heterocycles. The zero-order chi connectivity index (χ0) is 10.6. The lowest BCUT2D eigenvalue weighted by Gasteiger charge is -2.26. The molecule has 0 fully saturated rings. The quantitative estimate of drug-likeness (QED) is 0.671. The summed E-state index contributed by atoms with van der Waals surface area (Å²) < 4.78 is 13.6. The third kappa shape index (κ3) is 4.36. The standard InChI is InChI=1S/C10H20FNO/c1-7(2)9(13)6-12-10(5,11)8(3)4/h7-8,12H,6H2,1-5H3. The van der Waals surface area contributed by atoms with Gasteiger partial charge in [0.25, 0.3) is 0 Å². The van der Waals surface area contributed by atoms with Crippen LogP contribution in [-0.2, 0) is 4.79 Å². The highest BCUT2D eigenvalue weighted by Crippen LogP contribution is 2.17. The lowest BCUT2D eigenvalue weighted by atomic mass is 10.0. The Balaban J connectivity index is 3.95. The van der Waals surface area contributed by atoms with Crippen molar-refractivity contribution in [3.05, 3.63) is 0 Å². The van der Waals surface area contributed by atoms with Crippen LogP contribution in [0.5, 0.6) is 0 Å². The first-order valence-electron chi connectivity index (χ1n) is 4.74. The van der Waals surface area contributed by atoms with Crippen LogP contribution in [0, 0.1) is 11.8 Å². The number of halogens is 1. The summed E-state index contributed by atoms with van der Waals surface area (Å²) >= 11 is 0. The number of rotatable bonds is 5. The van der Waals surface area contributed by atoms with Gasteiger partial charge >= 0.3 is 0 Å². The maximum absolute atomic E-state index is 13.6. The predicted molar refractivity (Wildman–Crippen MR) is 52.2 cm³/mol. The molecule has 0 radical (unpaired) electrons. The molecule has 1 N–H and O–H groups in total. The number of nitrogens with one attached hydrogen (secondary N) is 1. The number of hydrogen-bond acceptors (Lipinski definition) is 2. The molecule has 13 heavy (non-hydrogen) atoms. The van der Waals surface area contributed by atoms with Gasteiger partial charge in [0.05, 0.1) is 6.54 Å². The van der Waals surface area contributed by atoms with Crippen LogP contribution in [0.1, 0.15) is 34.6 Å². The largest absolute Gasteiger partial charge is 0.298 e. The molecule has 3 heteroatoms. The van der Waals surface area contributed by atoms with Crippen molar-refractivity contribution in [2.75, 3.05) is 6.54 Å². The fraction of sp³-hybridized carbons (Fsp3) is 0.900. The molecule has 0 aliphatic carbocycles. The topological polar surface area (TPSA) is 29.1 Å². The van der Waals surface area contributed by atoms with Gasteiger partial charge in [0.2, 0.25) is 0 Å². The molecule has 0 aliphatic rings. The molecule has 0 aromatic carbocycles. The molecular formula is C10H20FNO. The Hall–Kier alpha value is -0.440. The third-order valence-electron chi connectivity index (χ3n) is 2.34. The second-order valence-corrected chi connectivity index (χ2v) is 4.20. The van der Waals surface area contributed by atoms with Gasteiger partial charge in [0.15, 0.2) is 5.79 Å². The average molecular weight is 189 g/mol. The molecule has 1 unspecified atom stereocenters. The fourth-order valence-corrected chi connectivity index (χ4v) is 0.668. The van der Waals surface area contributed by atoms with Crippen LogP contribution >= 0.6 is 0 Å². The minimum atomic E-state index is -1.45. The van der Waals surface area contributed by atoms with Gasteiger partial charge in [-0.3, -0.25) is 10.1 Å². The lowest BCUT2D eigenvalue weighted by Crippen LogP contribution is -2.45. The highest BCUT2D eigenvalue weighted by molar-refractivity contribution is 5.82. The molecule has 0 heterocycles. The van der Waals surface area contributed by atoms with Gasteiger partial charge in [-0.1, -0.05) is 27.7 Å². The van der Waals surface area contributed by atoms with E-state index in [1.165, 1.54) is 6.92 Å². The molecule has 0 aromatic heterocycles. The predicted octanol–water partition coefficient (Wildman–Crippen LogP) is 2.14. The van der Waals surface area contributed by atoms with Crippen molar-refractivity contribution in [3.8, 4) is 0 Å². The van der Waals surface area contributed by atoms with E-state index < -0.39 is 5.79 Å². The van der Waals surface area contributed by atoms with Crippen LogP contribution < -0.4 is 5.32 Å². The first kappa shape index (κ1) is 12.6. The fourth-order valence-electron chi connectivity index (χ4n) is 0.668. The molecule has 0 bridgehead atoms. The van der Waals surface area contributed by atoms with E-state index >= 15 is 0 Å². The van der Waals surface area contributed by atoms with Crippen molar-refractivity contribution >= 4 is 5.78 Å². The van der Waals surface area contributed by atoms with Crippen molar-refractivity contribution in [2.45, 2.75) is 40.4 Å². The molecular weight excluding hydrogens is 169 g/mol. The van der Waals surface area contributed by atoms with Gasteiger partial charge in [-0.15, -0.1) is 0 Å². The molecule has 1 atom stereocenters. The summed E-state index contributed by atoms with van der Waals surface area (Å²) in [5, 5.41) is 2.62. The smallest absolute Gasteiger partial charge is 0.161 e. The molecule has 0 rings (SSSR count). The summed E-state index contributed by atoms with van der Waals surface area (Å²) in [6.45, 7) is 8.78.